The van der Waals surface area contributed by atoms with Crippen LogP contribution in [0.5, 0.6) is 5.75 Å². The van der Waals surface area contributed by atoms with Gasteiger partial charge in [-0.2, -0.15) is 0 Å². The number of methoxy groups -OCH3 is 1. The van der Waals surface area contributed by atoms with Gasteiger partial charge in [0.05, 0.1) is 12.1 Å². The van der Waals surface area contributed by atoms with E-state index in [9.17, 15) is 14.4 Å². The molecule has 0 aliphatic heterocycles. The van der Waals surface area contributed by atoms with Gasteiger partial charge >= 0.3 is 0 Å². The highest BCUT2D eigenvalue weighted by Gasteiger charge is 2.19. The molecule has 1 aromatic heterocycles. The summed E-state index contributed by atoms with van der Waals surface area (Å²) in [7, 11) is 1.56. The number of anilines is 1. The highest BCUT2D eigenvalue weighted by atomic mass is 35.5. The average Bonchev–Trinajstić information content (AvgIpc) is 3.23. The second-order valence-corrected chi connectivity index (χ2v) is 9.65. The number of ether oxygens (including phenoxy) is 1. The number of carbonyl (C=O) groups excluding carboxylic acids is 3. The molecule has 0 fully saturated rings. The number of aryl methyl sites for hydroxylation is 1. The molecule has 0 unspecified atom stereocenters. The van der Waals surface area contributed by atoms with Gasteiger partial charge < -0.3 is 10.1 Å². The summed E-state index contributed by atoms with van der Waals surface area (Å²) >= 11 is 12.7. The summed E-state index contributed by atoms with van der Waals surface area (Å²) in [5.41, 5.74) is 7.21. The third-order valence-corrected chi connectivity index (χ3v) is 7.21. The van der Waals surface area contributed by atoms with E-state index in [1.165, 1.54) is 11.3 Å². The van der Waals surface area contributed by atoms with E-state index >= 15 is 0 Å². The van der Waals surface area contributed by atoms with Crippen molar-refractivity contribution in [2.24, 2.45) is 0 Å². The number of hydrogen-bond acceptors (Lipinski definition) is 6. The Balaban J connectivity index is 1.31. The van der Waals surface area contributed by atoms with Crippen LogP contribution < -0.4 is 26.2 Å². The Hall–Kier alpha value is -3.99. The molecule has 188 valence electrons. The van der Waals surface area contributed by atoms with Crippen molar-refractivity contribution in [3.05, 3.63) is 93.3 Å². The fourth-order valence-corrected chi connectivity index (χ4v) is 5.01. The van der Waals surface area contributed by atoms with Crippen molar-refractivity contribution in [1.82, 2.24) is 16.2 Å². The number of hydrogen-bond donors (Lipinski definition) is 4. The van der Waals surface area contributed by atoms with Gasteiger partial charge in [-0.1, -0.05) is 29.8 Å². The van der Waals surface area contributed by atoms with Gasteiger partial charge in [-0.05, 0) is 73.2 Å². The fourth-order valence-electron chi connectivity index (χ4n) is 3.43. The lowest BCUT2D eigenvalue weighted by molar-refractivity contribution is 0.0935. The molecule has 0 aliphatic carbocycles. The van der Waals surface area contributed by atoms with Crippen LogP contribution in [0.1, 0.15) is 36.0 Å². The Morgan fingerprint density at radius 3 is 2.35 bits per heavy atom. The fraction of sp³-hybridized carbons (Fsp3) is 0.0769. The molecule has 1 heterocycles. The van der Waals surface area contributed by atoms with Crippen LogP contribution in [0.2, 0.25) is 5.02 Å². The monoisotopic (exact) mass is 552 g/mol. The van der Waals surface area contributed by atoms with Gasteiger partial charge in [0.15, 0.2) is 5.11 Å². The number of halogens is 1. The molecule has 4 aromatic rings. The van der Waals surface area contributed by atoms with Crippen molar-refractivity contribution in [3.63, 3.8) is 0 Å². The van der Waals surface area contributed by atoms with E-state index in [4.69, 9.17) is 28.6 Å². The van der Waals surface area contributed by atoms with Gasteiger partial charge in [0.25, 0.3) is 17.7 Å². The Morgan fingerprint density at radius 1 is 0.919 bits per heavy atom. The normalized spacial score (nSPS) is 10.5. The number of thiophene rings is 1. The Bertz CT molecular complexity index is 1520. The Labute approximate surface area is 226 Å². The summed E-state index contributed by atoms with van der Waals surface area (Å²) in [6.45, 7) is 1.86. The van der Waals surface area contributed by atoms with E-state index in [0.717, 1.165) is 15.6 Å². The zero-order chi connectivity index (χ0) is 26.5. The maximum atomic E-state index is 12.7. The summed E-state index contributed by atoms with van der Waals surface area (Å²) in [5, 5.41) is 6.23. The van der Waals surface area contributed by atoms with Crippen LogP contribution in [0.15, 0.2) is 66.7 Å². The molecule has 0 saturated heterocycles. The summed E-state index contributed by atoms with van der Waals surface area (Å²) in [6, 6.07) is 18.9. The van der Waals surface area contributed by atoms with Crippen molar-refractivity contribution in [3.8, 4) is 5.75 Å². The van der Waals surface area contributed by atoms with Gasteiger partial charge in [0.2, 0.25) is 0 Å². The third kappa shape index (κ3) is 6.05. The molecule has 37 heavy (non-hydrogen) atoms. The maximum Gasteiger partial charge on any atom is 0.269 e. The standard InChI is InChI=1S/C26H21ClN4O4S2/c1-14-5-3-4-6-18(14)24(33)28-16-9-7-15(8-10-16)23(32)30-31-26(36)29-25(34)22-21(27)19-12-11-17(35-2)13-20(19)37-22/h3-13H,1-2H3,(H,28,33)(H,30,32)(H2,29,31,34,36). The molecule has 0 atom stereocenters. The number of thiocarbonyl (C=S) groups is 1. The Kier molecular flexibility index (Phi) is 8.02. The van der Waals surface area contributed by atoms with Crippen molar-refractivity contribution >= 4 is 73.8 Å². The van der Waals surface area contributed by atoms with Gasteiger partial charge in [-0.3, -0.25) is 30.6 Å². The van der Waals surface area contributed by atoms with Crippen molar-refractivity contribution < 1.29 is 19.1 Å². The number of carbonyl (C=O) groups is 3. The highest BCUT2D eigenvalue weighted by molar-refractivity contribution is 7.80. The third-order valence-electron chi connectivity index (χ3n) is 5.35. The first-order valence-electron chi connectivity index (χ1n) is 10.9. The first kappa shape index (κ1) is 26.1. The topological polar surface area (TPSA) is 109 Å². The molecule has 0 radical (unpaired) electrons. The van der Waals surface area contributed by atoms with Gasteiger partial charge in [-0.15, -0.1) is 11.3 Å². The molecule has 3 amide bonds. The van der Waals surface area contributed by atoms with Crippen LogP contribution in [-0.4, -0.2) is 29.9 Å². The van der Waals surface area contributed by atoms with E-state index in [0.29, 0.717) is 27.6 Å². The average molecular weight is 553 g/mol. The lowest BCUT2D eigenvalue weighted by Crippen LogP contribution is -2.48. The van der Waals surface area contributed by atoms with E-state index in [1.54, 1.807) is 61.7 Å². The molecule has 3 aromatic carbocycles. The van der Waals surface area contributed by atoms with E-state index in [-0.39, 0.29) is 15.9 Å². The lowest BCUT2D eigenvalue weighted by atomic mass is 10.1. The SMILES string of the molecule is COc1ccc2c(Cl)c(C(=O)NC(=S)NNC(=O)c3ccc(NC(=O)c4ccccc4C)cc3)sc2c1. The molecule has 8 nitrogen and oxygen atoms in total. The largest absolute Gasteiger partial charge is 0.497 e. The summed E-state index contributed by atoms with van der Waals surface area (Å²) < 4.78 is 6.00. The van der Waals surface area contributed by atoms with E-state index in [2.05, 4.69) is 21.5 Å². The minimum Gasteiger partial charge on any atom is -0.497 e. The van der Waals surface area contributed by atoms with Crippen LogP contribution in [0, 0.1) is 6.92 Å². The molecule has 0 bridgehead atoms. The molecular formula is C26H21ClN4O4S2. The van der Waals surface area contributed by atoms with Gasteiger partial charge in [0, 0.05) is 26.9 Å². The predicted octanol–water partition coefficient (Wildman–Crippen LogP) is 5.07. The van der Waals surface area contributed by atoms with Crippen LogP contribution in [0.4, 0.5) is 5.69 Å². The summed E-state index contributed by atoms with van der Waals surface area (Å²) in [6.07, 6.45) is 0. The van der Waals surface area contributed by atoms with Gasteiger partial charge in [-0.25, -0.2) is 0 Å². The van der Waals surface area contributed by atoms with E-state index in [1.807, 2.05) is 19.1 Å². The smallest absolute Gasteiger partial charge is 0.269 e. The highest BCUT2D eigenvalue weighted by Crippen LogP contribution is 2.37. The number of hydrazine groups is 1. The maximum absolute atomic E-state index is 12.7. The molecule has 4 N–H and O–H groups in total. The minimum absolute atomic E-state index is 0.105. The number of rotatable bonds is 5. The van der Waals surface area contributed by atoms with Crippen LogP contribution in [-0.2, 0) is 0 Å². The van der Waals surface area contributed by atoms with Crippen LogP contribution >= 0.6 is 35.2 Å². The zero-order valence-corrected chi connectivity index (χ0v) is 22.1. The van der Waals surface area contributed by atoms with Gasteiger partial charge in [0.1, 0.15) is 10.6 Å². The Morgan fingerprint density at radius 2 is 1.65 bits per heavy atom. The molecule has 0 spiro atoms. The molecule has 11 heteroatoms. The molecule has 0 aliphatic rings. The molecule has 0 saturated carbocycles. The van der Waals surface area contributed by atoms with E-state index < -0.39 is 11.8 Å². The zero-order valence-electron chi connectivity index (χ0n) is 19.7. The minimum atomic E-state index is -0.509. The summed E-state index contributed by atoms with van der Waals surface area (Å²) in [4.78, 5) is 37.9. The second-order valence-electron chi connectivity index (χ2n) is 7.82. The first-order valence-corrected chi connectivity index (χ1v) is 12.5. The second kappa shape index (κ2) is 11.4. The van der Waals surface area contributed by atoms with Crippen molar-refractivity contribution in [1.29, 1.82) is 0 Å². The quantitative estimate of drug-likeness (QED) is 0.203. The molecule has 4 rings (SSSR count). The predicted molar refractivity (Wildman–Crippen MR) is 150 cm³/mol. The number of benzene rings is 3. The number of amides is 3. The van der Waals surface area contributed by atoms with Crippen LogP contribution in [0.25, 0.3) is 10.1 Å². The number of nitrogens with one attached hydrogen (secondary N) is 4. The lowest BCUT2D eigenvalue weighted by Gasteiger charge is -2.11. The van der Waals surface area contributed by atoms with Crippen LogP contribution in [0.3, 0.4) is 0 Å². The molecular weight excluding hydrogens is 532 g/mol. The number of fused-ring (bicyclic) bond motifs is 1. The first-order chi connectivity index (χ1) is 17.8. The van der Waals surface area contributed by atoms with Crippen molar-refractivity contribution in [2.75, 3.05) is 12.4 Å². The summed E-state index contributed by atoms with van der Waals surface area (Å²) in [5.74, 6) is -0.582. The van der Waals surface area contributed by atoms with Crippen molar-refractivity contribution in [2.45, 2.75) is 6.92 Å².